The number of hydrogen-bond donors (Lipinski definition) is 2. The van der Waals surface area contributed by atoms with Gasteiger partial charge in [0.1, 0.15) is 29.4 Å². The third-order valence-corrected chi connectivity index (χ3v) is 7.70. The van der Waals surface area contributed by atoms with Crippen molar-refractivity contribution >= 4 is 18.0 Å². The molecular formula is C32H34F2N2O5. The molecule has 2 fully saturated rings. The second-order valence-corrected chi connectivity index (χ2v) is 11.5. The first kappa shape index (κ1) is 28.5. The number of anilines is 1. The van der Waals surface area contributed by atoms with Crippen LogP contribution in [0.25, 0.3) is 0 Å². The number of aliphatic hydroxyl groups is 1. The van der Waals surface area contributed by atoms with Gasteiger partial charge in [0.2, 0.25) is 0 Å². The number of carbonyl (C=O) groups excluding carboxylic acids is 2. The van der Waals surface area contributed by atoms with Crippen LogP contribution in [0.3, 0.4) is 0 Å². The molecule has 1 saturated carbocycles. The maximum Gasteiger partial charge on any atom is 0.321 e. The molecule has 5 rings (SSSR count). The third-order valence-electron chi connectivity index (χ3n) is 7.70. The van der Waals surface area contributed by atoms with E-state index >= 15 is 0 Å². The van der Waals surface area contributed by atoms with Crippen LogP contribution >= 0.6 is 0 Å². The molecule has 41 heavy (non-hydrogen) atoms. The molecule has 2 aliphatic rings. The van der Waals surface area contributed by atoms with Crippen LogP contribution in [0.2, 0.25) is 0 Å². The van der Waals surface area contributed by atoms with Crippen molar-refractivity contribution in [1.29, 1.82) is 0 Å². The van der Waals surface area contributed by atoms with E-state index in [9.17, 15) is 23.5 Å². The Morgan fingerprint density at radius 1 is 0.951 bits per heavy atom. The first-order valence-corrected chi connectivity index (χ1v) is 13.9. The number of likely N-dealkylation sites (tertiary alicyclic amines) is 1. The normalized spacial score (nSPS) is 17.2. The zero-order valence-electron chi connectivity index (χ0n) is 23.2. The lowest BCUT2D eigenvalue weighted by Gasteiger charge is -2.39. The van der Waals surface area contributed by atoms with Gasteiger partial charge in [0.15, 0.2) is 11.6 Å². The van der Waals surface area contributed by atoms with Crippen molar-refractivity contribution < 1.29 is 33.0 Å². The number of hydrogen-bond acceptors (Lipinski definition) is 5. The van der Waals surface area contributed by atoms with E-state index in [2.05, 4.69) is 19.2 Å². The minimum Gasteiger partial charge on any atom is -0.457 e. The number of carbonyl (C=O) groups is 2. The third kappa shape index (κ3) is 6.85. The summed E-state index contributed by atoms with van der Waals surface area (Å²) in [6.07, 6.45) is 4.29. The monoisotopic (exact) mass is 564 g/mol. The second kappa shape index (κ2) is 11.5. The smallest absolute Gasteiger partial charge is 0.321 e. The molecule has 0 radical (unpaired) electrons. The van der Waals surface area contributed by atoms with E-state index in [0.29, 0.717) is 55.5 Å². The van der Waals surface area contributed by atoms with Gasteiger partial charge < -0.3 is 29.6 Å². The molecule has 1 saturated heterocycles. The van der Waals surface area contributed by atoms with Gasteiger partial charge in [-0.1, -0.05) is 26.0 Å². The predicted octanol–water partition coefficient (Wildman–Crippen LogP) is 7.18. The first-order chi connectivity index (χ1) is 19.6. The molecule has 2 amide bonds. The number of ether oxygens (including phenoxy) is 2. The highest BCUT2D eigenvalue weighted by Crippen LogP contribution is 2.46. The van der Waals surface area contributed by atoms with Gasteiger partial charge in [-0.25, -0.2) is 13.6 Å². The molecule has 9 heteroatoms. The van der Waals surface area contributed by atoms with Gasteiger partial charge in [-0.15, -0.1) is 0 Å². The Kier molecular flexibility index (Phi) is 8.00. The van der Waals surface area contributed by atoms with Crippen molar-refractivity contribution in [3.8, 4) is 23.0 Å². The van der Waals surface area contributed by atoms with Crippen molar-refractivity contribution in [1.82, 2.24) is 4.90 Å². The van der Waals surface area contributed by atoms with Crippen molar-refractivity contribution in [3.05, 3.63) is 77.9 Å². The zero-order valence-corrected chi connectivity index (χ0v) is 23.2. The second-order valence-electron chi connectivity index (χ2n) is 11.5. The lowest BCUT2D eigenvalue weighted by Crippen LogP contribution is -2.48. The maximum absolute atomic E-state index is 14.3. The zero-order chi connectivity index (χ0) is 29.2. The molecule has 0 spiro atoms. The lowest BCUT2D eigenvalue weighted by atomic mass is 9.84. The minimum absolute atomic E-state index is 0.169. The standard InChI is InChI=1S/C32H34F2N2O5/c1-21(2)19-32(39)11-13-36(14-12-32)30(38)35-24-16-26(18-27(17-24)41-29-8-5-23(33)15-28(29)34)40-25-6-3-22(4-7-25)31(20-37)9-10-31/h3-8,15-18,20-21,39H,9-14,19H2,1-2H3,(H,35,38). The van der Waals surface area contributed by atoms with Gasteiger partial charge in [-0.05, 0) is 67.9 Å². The highest BCUT2D eigenvalue weighted by molar-refractivity contribution is 5.90. The number of halogens is 2. The van der Waals surface area contributed by atoms with Crippen molar-refractivity contribution in [2.24, 2.45) is 5.92 Å². The molecule has 3 aromatic rings. The number of aldehydes is 1. The van der Waals surface area contributed by atoms with Gasteiger partial charge in [-0.3, -0.25) is 0 Å². The van der Waals surface area contributed by atoms with Crippen LogP contribution in [0.4, 0.5) is 19.3 Å². The number of urea groups is 1. The van der Waals surface area contributed by atoms with Crippen molar-refractivity contribution in [2.45, 2.75) is 57.0 Å². The fourth-order valence-electron chi connectivity index (χ4n) is 5.34. The maximum atomic E-state index is 14.3. The minimum atomic E-state index is -0.871. The molecule has 0 unspecified atom stereocenters. The molecule has 2 N–H and O–H groups in total. The van der Waals surface area contributed by atoms with Crippen LogP contribution in [-0.2, 0) is 10.2 Å². The summed E-state index contributed by atoms with van der Waals surface area (Å²) in [5, 5.41) is 13.7. The molecule has 0 aromatic heterocycles. The average Bonchev–Trinajstić information content (AvgIpc) is 3.72. The van der Waals surface area contributed by atoms with E-state index in [1.54, 1.807) is 23.1 Å². The SMILES string of the molecule is CC(C)CC1(O)CCN(C(=O)Nc2cc(Oc3ccc(C4(C=O)CC4)cc3)cc(Oc3ccc(F)cc3F)c2)CC1. The molecule has 0 bridgehead atoms. The Labute approximate surface area is 238 Å². The highest BCUT2D eigenvalue weighted by atomic mass is 19.1. The number of amides is 2. The number of nitrogens with zero attached hydrogens (tertiary/aromatic N) is 1. The van der Waals surface area contributed by atoms with Crippen LogP contribution < -0.4 is 14.8 Å². The van der Waals surface area contributed by atoms with Crippen molar-refractivity contribution in [2.75, 3.05) is 18.4 Å². The molecule has 0 atom stereocenters. The first-order valence-electron chi connectivity index (χ1n) is 13.9. The fraction of sp³-hybridized carbons (Fsp3) is 0.375. The van der Waals surface area contributed by atoms with Crippen LogP contribution in [0, 0.1) is 17.6 Å². The fourth-order valence-corrected chi connectivity index (χ4v) is 5.34. The summed E-state index contributed by atoms with van der Waals surface area (Å²) in [5.74, 6) is -0.454. The summed E-state index contributed by atoms with van der Waals surface area (Å²) in [4.78, 5) is 26.2. The van der Waals surface area contributed by atoms with Crippen molar-refractivity contribution in [3.63, 3.8) is 0 Å². The summed E-state index contributed by atoms with van der Waals surface area (Å²) in [7, 11) is 0. The van der Waals surface area contributed by atoms with Crippen LogP contribution in [0.1, 0.15) is 51.5 Å². The van der Waals surface area contributed by atoms with E-state index in [0.717, 1.165) is 36.8 Å². The van der Waals surface area contributed by atoms with Gasteiger partial charge in [0.25, 0.3) is 0 Å². The molecule has 1 heterocycles. The Balaban J connectivity index is 1.34. The summed E-state index contributed by atoms with van der Waals surface area (Å²) < 4.78 is 39.5. The lowest BCUT2D eigenvalue weighted by molar-refractivity contribution is -0.109. The Morgan fingerprint density at radius 2 is 1.61 bits per heavy atom. The Bertz CT molecular complexity index is 1410. The predicted molar refractivity (Wildman–Crippen MR) is 151 cm³/mol. The van der Waals surface area contributed by atoms with Crippen LogP contribution in [-0.4, -0.2) is 41.0 Å². The van der Waals surface area contributed by atoms with Gasteiger partial charge in [0, 0.05) is 43.0 Å². The van der Waals surface area contributed by atoms with Crippen LogP contribution in [0.15, 0.2) is 60.7 Å². The number of rotatable bonds is 9. The summed E-state index contributed by atoms with van der Waals surface area (Å²) in [6, 6.07) is 14.6. The van der Waals surface area contributed by atoms with E-state index in [4.69, 9.17) is 9.47 Å². The van der Waals surface area contributed by atoms with Gasteiger partial charge in [-0.2, -0.15) is 0 Å². The van der Waals surface area contributed by atoms with Gasteiger partial charge >= 0.3 is 6.03 Å². The van der Waals surface area contributed by atoms with E-state index in [1.807, 2.05) is 12.1 Å². The van der Waals surface area contributed by atoms with Crippen LogP contribution in [0.5, 0.6) is 23.0 Å². The van der Waals surface area contributed by atoms with E-state index in [-0.39, 0.29) is 17.5 Å². The molecule has 1 aliphatic heterocycles. The number of benzene rings is 3. The number of piperidine rings is 1. The molecule has 3 aromatic carbocycles. The summed E-state index contributed by atoms with van der Waals surface area (Å²) in [6.45, 7) is 4.94. The highest BCUT2D eigenvalue weighted by Gasteiger charge is 2.44. The largest absolute Gasteiger partial charge is 0.457 e. The summed E-state index contributed by atoms with van der Waals surface area (Å²) in [5.41, 5.74) is 0.0994. The summed E-state index contributed by atoms with van der Waals surface area (Å²) >= 11 is 0. The quantitative estimate of drug-likeness (QED) is 0.269. The van der Waals surface area contributed by atoms with E-state index in [1.165, 1.54) is 18.2 Å². The Morgan fingerprint density at radius 3 is 2.20 bits per heavy atom. The number of nitrogens with one attached hydrogen (secondary N) is 1. The molecule has 1 aliphatic carbocycles. The topological polar surface area (TPSA) is 88.1 Å². The molecule has 216 valence electrons. The molecule has 7 nitrogen and oxygen atoms in total. The van der Waals surface area contributed by atoms with E-state index < -0.39 is 22.7 Å². The Hall–Kier alpha value is -3.98. The van der Waals surface area contributed by atoms with Gasteiger partial charge in [0.05, 0.1) is 11.0 Å². The molecular weight excluding hydrogens is 530 g/mol. The average molecular weight is 565 g/mol.